The SMILES string of the molecule is CCOc1cc(/C=C2\N=C(c3cc(Cl)ccc3OC)OC2=O)ccc1OC(=O)c1cccc(C)c1. The van der Waals surface area contributed by atoms with Gasteiger partial charge in [0.2, 0.25) is 5.90 Å². The summed E-state index contributed by atoms with van der Waals surface area (Å²) in [6, 6.07) is 17.0. The molecular weight excluding hydrogens is 470 g/mol. The summed E-state index contributed by atoms with van der Waals surface area (Å²) in [6.45, 7) is 4.07. The van der Waals surface area contributed by atoms with Crippen molar-refractivity contribution in [3.05, 3.63) is 93.6 Å². The number of rotatable bonds is 7. The molecule has 0 atom stereocenters. The van der Waals surface area contributed by atoms with E-state index in [1.807, 2.05) is 19.9 Å². The van der Waals surface area contributed by atoms with Gasteiger partial charge in [0.25, 0.3) is 0 Å². The Bertz CT molecular complexity index is 1360. The van der Waals surface area contributed by atoms with Gasteiger partial charge in [-0.05, 0) is 68.0 Å². The van der Waals surface area contributed by atoms with Crippen molar-refractivity contribution in [2.45, 2.75) is 13.8 Å². The zero-order chi connectivity index (χ0) is 24.9. The van der Waals surface area contributed by atoms with Gasteiger partial charge in [-0.2, -0.15) is 0 Å². The average Bonchev–Trinajstić information content (AvgIpc) is 3.20. The summed E-state index contributed by atoms with van der Waals surface area (Å²) in [7, 11) is 1.50. The second kappa shape index (κ2) is 10.4. The highest BCUT2D eigenvalue weighted by Crippen LogP contribution is 2.32. The number of methoxy groups -OCH3 is 1. The topological polar surface area (TPSA) is 83.4 Å². The number of benzene rings is 3. The number of aliphatic imine (C=N–C) groups is 1. The number of carbonyl (C=O) groups is 2. The molecule has 0 fully saturated rings. The maximum Gasteiger partial charge on any atom is 0.363 e. The molecule has 0 radical (unpaired) electrons. The summed E-state index contributed by atoms with van der Waals surface area (Å²) in [6.07, 6.45) is 1.56. The number of nitrogens with zero attached hydrogens (tertiary/aromatic N) is 1. The third kappa shape index (κ3) is 5.53. The molecule has 0 bridgehead atoms. The predicted octanol–water partition coefficient (Wildman–Crippen LogP) is 5.62. The fraction of sp³-hybridized carbons (Fsp3) is 0.148. The Labute approximate surface area is 207 Å². The zero-order valence-electron chi connectivity index (χ0n) is 19.3. The molecule has 0 amide bonds. The van der Waals surface area contributed by atoms with Crippen LogP contribution in [0.2, 0.25) is 5.02 Å². The van der Waals surface area contributed by atoms with Crippen molar-refractivity contribution in [3.63, 3.8) is 0 Å². The lowest BCUT2D eigenvalue weighted by Crippen LogP contribution is -2.10. The highest BCUT2D eigenvalue weighted by molar-refractivity contribution is 6.31. The number of hydrogen-bond donors (Lipinski definition) is 0. The van der Waals surface area contributed by atoms with Gasteiger partial charge in [0.15, 0.2) is 17.2 Å². The summed E-state index contributed by atoms with van der Waals surface area (Å²) in [5.41, 5.74) is 2.55. The highest BCUT2D eigenvalue weighted by Gasteiger charge is 2.27. The lowest BCUT2D eigenvalue weighted by atomic mass is 10.1. The van der Waals surface area contributed by atoms with Crippen LogP contribution in [0.5, 0.6) is 17.2 Å². The van der Waals surface area contributed by atoms with Crippen LogP contribution in [0.3, 0.4) is 0 Å². The van der Waals surface area contributed by atoms with Crippen LogP contribution in [0.25, 0.3) is 6.08 Å². The van der Waals surface area contributed by atoms with Gasteiger partial charge < -0.3 is 18.9 Å². The molecule has 4 rings (SSSR count). The average molecular weight is 492 g/mol. The fourth-order valence-electron chi connectivity index (χ4n) is 3.43. The molecule has 7 nitrogen and oxygen atoms in total. The molecule has 1 aliphatic rings. The van der Waals surface area contributed by atoms with E-state index in [0.29, 0.717) is 39.8 Å². The Kier molecular flexibility index (Phi) is 7.17. The normalized spacial score (nSPS) is 13.9. The second-order valence-corrected chi connectivity index (χ2v) is 8.02. The van der Waals surface area contributed by atoms with E-state index >= 15 is 0 Å². The zero-order valence-corrected chi connectivity index (χ0v) is 20.1. The minimum absolute atomic E-state index is 0.0917. The summed E-state index contributed by atoms with van der Waals surface area (Å²) in [5.74, 6) is 0.0759. The fourth-order valence-corrected chi connectivity index (χ4v) is 3.60. The van der Waals surface area contributed by atoms with Gasteiger partial charge in [-0.25, -0.2) is 14.6 Å². The molecule has 0 N–H and O–H groups in total. The second-order valence-electron chi connectivity index (χ2n) is 7.58. The number of esters is 2. The van der Waals surface area contributed by atoms with Crippen LogP contribution in [0.15, 0.2) is 71.4 Å². The van der Waals surface area contributed by atoms with E-state index in [-0.39, 0.29) is 17.3 Å². The van der Waals surface area contributed by atoms with Crippen molar-refractivity contribution in [1.29, 1.82) is 0 Å². The quantitative estimate of drug-likeness (QED) is 0.242. The van der Waals surface area contributed by atoms with E-state index in [1.54, 1.807) is 60.7 Å². The standard InChI is InChI=1S/C27H22ClNO6/c1-4-33-24-14-17(8-10-23(24)34-26(30)18-7-5-6-16(2)12-18)13-21-27(31)35-25(29-21)20-15-19(28)9-11-22(20)32-3/h5-15H,4H2,1-3H3/b21-13-. The van der Waals surface area contributed by atoms with Crippen molar-refractivity contribution in [2.24, 2.45) is 4.99 Å². The monoisotopic (exact) mass is 491 g/mol. The summed E-state index contributed by atoms with van der Waals surface area (Å²) in [5, 5.41) is 0.453. The lowest BCUT2D eigenvalue weighted by molar-refractivity contribution is -0.129. The van der Waals surface area contributed by atoms with E-state index in [0.717, 1.165) is 5.56 Å². The maximum absolute atomic E-state index is 12.6. The van der Waals surface area contributed by atoms with Crippen LogP contribution in [-0.2, 0) is 9.53 Å². The Morgan fingerprint density at radius 3 is 2.60 bits per heavy atom. The molecule has 1 heterocycles. The first-order valence-corrected chi connectivity index (χ1v) is 11.2. The molecule has 35 heavy (non-hydrogen) atoms. The molecule has 178 valence electrons. The number of halogens is 1. The molecule has 0 saturated heterocycles. The lowest BCUT2D eigenvalue weighted by Gasteiger charge is -2.11. The van der Waals surface area contributed by atoms with Crippen molar-refractivity contribution in [3.8, 4) is 17.2 Å². The van der Waals surface area contributed by atoms with Crippen LogP contribution < -0.4 is 14.2 Å². The number of carbonyl (C=O) groups excluding carboxylic acids is 2. The van der Waals surface area contributed by atoms with Gasteiger partial charge in [0.1, 0.15) is 5.75 Å². The Morgan fingerprint density at radius 2 is 1.86 bits per heavy atom. The molecule has 3 aromatic rings. The van der Waals surface area contributed by atoms with E-state index in [1.165, 1.54) is 7.11 Å². The van der Waals surface area contributed by atoms with E-state index in [2.05, 4.69) is 4.99 Å². The number of cyclic esters (lactones) is 1. The first-order valence-electron chi connectivity index (χ1n) is 10.8. The van der Waals surface area contributed by atoms with Gasteiger partial charge in [0, 0.05) is 5.02 Å². The van der Waals surface area contributed by atoms with Gasteiger partial charge in [-0.3, -0.25) is 0 Å². The van der Waals surface area contributed by atoms with Crippen molar-refractivity contribution in [1.82, 2.24) is 0 Å². The Hall–Kier alpha value is -4.10. The number of ether oxygens (including phenoxy) is 4. The van der Waals surface area contributed by atoms with E-state index in [9.17, 15) is 9.59 Å². The summed E-state index contributed by atoms with van der Waals surface area (Å²) >= 11 is 6.08. The molecule has 8 heteroatoms. The molecule has 0 aromatic heterocycles. The Morgan fingerprint density at radius 1 is 1.06 bits per heavy atom. The minimum Gasteiger partial charge on any atom is -0.496 e. The molecule has 0 unspecified atom stereocenters. The first-order chi connectivity index (χ1) is 16.9. The van der Waals surface area contributed by atoms with Crippen molar-refractivity contribution < 1.29 is 28.5 Å². The molecule has 0 aliphatic carbocycles. The van der Waals surface area contributed by atoms with Crippen molar-refractivity contribution >= 4 is 35.5 Å². The predicted molar refractivity (Wildman–Crippen MR) is 132 cm³/mol. The first kappa shape index (κ1) is 24.0. The summed E-state index contributed by atoms with van der Waals surface area (Å²) < 4.78 is 21.9. The molecule has 1 aliphatic heterocycles. The third-order valence-electron chi connectivity index (χ3n) is 5.04. The van der Waals surface area contributed by atoms with Gasteiger partial charge in [-0.15, -0.1) is 0 Å². The highest BCUT2D eigenvalue weighted by atomic mass is 35.5. The Balaban J connectivity index is 1.62. The van der Waals surface area contributed by atoms with Crippen LogP contribution in [0.4, 0.5) is 0 Å². The van der Waals surface area contributed by atoms with Crippen molar-refractivity contribution in [2.75, 3.05) is 13.7 Å². The van der Waals surface area contributed by atoms with Gasteiger partial charge >= 0.3 is 11.9 Å². The van der Waals surface area contributed by atoms with Crippen LogP contribution in [0, 0.1) is 6.92 Å². The smallest absolute Gasteiger partial charge is 0.363 e. The minimum atomic E-state index is -0.616. The van der Waals surface area contributed by atoms with Gasteiger partial charge in [0.05, 0.1) is 24.8 Å². The molecule has 0 saturated carbocycles. The van der Waals surface area contributed by atoms with E-state index in [4.69, 9.17) is 30.5 Å². The number of aryl methyl sites for hydroxylation is 1. The molecule has 3 aromatic carbocycles. The van der Waals surface area contributed by atoms with Crippen LogP contribution >= 0.6 is 11.6 Å². The largest absolute Gasteiger partial charge is 0.496 e. The number of hydrogen-bond acceptors (Lipinski definition) is 7. The maximum atomic E-state index is 12.6. The summed E-state index contributed by atoms with van der Waals surface area (Å²) in [4.78, 5) is 29.4. The molecular formula is C27H22ClNO6. The molecule has 0 spiro atoms. The van der Waals surface area contributed by atoms with Crippen LogP contribution in [0.1, 0.15) is 34.0 Å². The third-order valence-corrected chi connectivity index (χ3v) is 5.27. The van der Waals surface area contributed by atoms with Gasteiger partial charge in [-0.1, -0.05) is 35.4 Å². The van der Waals surface area contributed by atoms with Crippen LogP contribution in [-0.4, -0.2) is 31.6 Å². The van der Waals surface area contributed by atoms with E-state index < -0.39 is 11.9 Å².